The van der Waals surface area contributed by atoms with Crippen molar-refractivity contribution in [1.82, 2.24) is 20.1 Å². The molecule has 1 fully saturated rings. The predicted molar refractivity (Wildman–Crippen MR) is 96.0 cm³/mol. The average molecular weight is 341 g/mol. The van der Waals surface area contributed by atoms with E-state index in [-0.39, 0.29) is 5.91 Å². The molecule has 7 heteroatoms. The molecule has 2 aromatic rings. The Kier molecular flexibility index (Phi) is 5.57. The number of carbonyl (C=O) groups is 1. The SMILES string of the molecule is Cc1nn(-c2ccccc2)c(C)c1/C=N/NC(=O)CN1CCOCC1. The lowest BCUT2D eigenvalue weighted by Crippen LogP contribution is -2.42. The highest BCUT2D eigenvalue weighted by Crippen LogP contribution is 2.15. The molecule has 1 aliphatic rings. The van der Waals surface area contributed by atoms with Crippen LogP contribution in [0.25, 0.3) is 5.69 Å². The Hall–Kier alpha value is -2.51. The minimum atomic E-state index is -0.121. The minimum absolute atomic E-state index is 0.121. The highest BCUT2D eigenvalue weighted by Gasteiger charge is 2.14. The van der Waals surface area contributed by atoms with Gasteiger partial charge in [0.1, 0.15) is 0 Å². The van der Waals surface area contributed by atoms with Crippen LogP contribution in [0.1, 0.15) is 17.0 Å². The molecule has 0 saturated carbocycles. The number of hydrogen-bond acceptors (Lipinski definition) is 5. The third-order valence-electron chi connectivity index (χ3n) is 4.20. The fourth-order valence-electron chi connectivity index (χ4n) is 2.83. The first-order valence-corrected chi connectivity index (χ1v) is 8.39. The van der Waals surface area contributed by atoms with Gasteiger partial charge in [0.2, 0.25) is 0 Å². The van der Waals surface area contributed by atoms with E-state index in [0.29, 0.717) is 19.8 Å². The van der Waals surface area contributed by atoms with E-state index in [1.165, 1.54) is 0 Å². The van der Waals surface area contributed by atoms with Crippen molar-refractivity contribution in [2.24, 2.45) is 5.10 Å². The zero-order valence-electron chi connectivity index (χ0n) is 14.6. The molecule has 25 heavy (non-hydrogen) atoms. The summed E-state index contributed by atoms with van der Waals surface area (Å²) in [4.78, 5) is 14.0. The van der Waals surface area contributed by atoms with E-state index in [1.54, 1.807) is 6.21 Å². The van der Waals surface area contributed by atoms with E-state index >= 15 is 0 Å². The number of rotatable bonds is 5. The lowest BCUT2D eigenvalue weighted by Gasteiger charge is -2.25. The summed E-state index contributed by atoms with van der Waals surface area (Å²) in [6.07, 6.45) is 1.66. The van der Waals surface area contributed by atoms with Gasteiger partial charge in [-0.3, -0.25) is 9.69 Å². The Morgan fingerprint density at radius 2 is 2.00 bits per heavy atom. The summed E-state index contributed by atoms with van der Waals surface area (Å²) in [7, 11) is 0. The zero-order chi connectivity index (χ0) is 17.6. The molecule has 0 aliphatic carbocycles. The van der Waals surface area contributed by atoms with Gasteiger partial charge in [-0.2, -0.15) is 10.2 Å². The number of ether oxygens (including phenoxy) is 1. The molecule has 1 aromatic heterocycles. The summed E-state index contributed by atoms with van der Waals surface area (Å²) in [6, 6.07) is 9.94. The molecule has 0 unspecified atom stereocenters. The van der Waals surface area contributed by atoms with Crippen LogP contribution in [0.4, 0.5) is 0 Å². The molecule has 1 amide bonds. The average Bonchev–Trinajstić information content (AvgIpc) is 2.91. The Morgan fingerprint density at radius 1 is 1.28 bits per heavy atom. The van der Waals surface area contributed by atoms with Crippen LogP contribution in [0.5, 0.6) is 0 Å². The zero-order valence-corrected chi connectivity index (χ0v) is 14.6. The number of carbonyl (C=O) groups excluding carboxylic acids is 1. The van der Waals surface area contributed by atoms with E-state index in [1.807, 2.05) is 48.9 Å². The van der Waals surface area contributed by atoms with Crippen molar-refractivity contribution in [3.8, 4) is 5.69 Å². The molecule has 0 bridgehead atoms. The number of morpholine rings is 1. The van der Waals surface area contributed by atoms with Crippen molar-refractivity contribution in [3.63, 3.8) is 0 Å². The molecule has 3 rings (SSSR count). The topological polar surface area (TPSA) is 71.8 Å². The molecule has 1 aliphatic heterocycles. The van der Waals surface area contributed by atoms with Crippen LogP contribution < -0.4 is 5.43 Å². The summed E-state index contributed by atoms with van der Waals surface area (Å²) in [6.45, 7) is 7.16. The van der Waals surface area contributed by atoms with Crippen molar-refractivity contribution >= 4 is 12.1 Å². The number of benzene rings is 1. The molecular formula is C18H23N5O2. The minimum Gasteiger partial charge on any atom is -0.379 e. The van der Waals surface area contributed by atoms with Crippen molar-refractivity contribution < 1.29 is 9.53 Å². The highest BCUT2D eigenvalue weighted by atomic mass is 16.5. The van der Waals surface area contributed by atoms with Gasteiger partial charge in [0.25, 0.3) is 5.91 Å². The van der Waals surface area contributed by atoms with Crippen LogP contribution >= 0.6 is 0 Å². The van der Waals surface area contributed by atoms with Crippen molar-refractivity contribution in [3.05, 3.63) is 47.3 Å². The Morgan fingerprint density at radius 3 is 2.72 bits per heavy atom. The number of aryl methyl sites for hydroxylation is 1. The molecule has 1 N–H and O–H groups in total. The number of hydrazone groups is 1. The third kappa shape index (κ3) is 4.32. The molecule has 0 atom stereocenters. The number of nitrogens with zero attached hydrogens (tertiary/aromatic N) is 4. The van der Waals surface area contributed by atoms with E-state index in [9.17, 15) is 4.79 Å². The first-order chi connectivity index (χ1) is 12.1. The number of hydrogen-bond donors (Lipinski definition) is 1. The van der Waals surface area contributed by atoms with Crippen LogP contribution in [-0.4, -0.2) is 59.7 Å². The molecule has 0 radical (unpaired) electrons. The molecule has 0 spiro atoms. The van der Waals surface area contributed by atoms with Gasteiger partial charge in [0, 0.05) is 18.7 Å². The second kappa shape index (κ2) is 8.04. The van der Waals surface area contributed by atoms with Crippen molar-refractivity contribution in [2.45, 2.75) is 13.8 Å². The second-order valence-corrected chi connectivity index (χ2v) is 6.01. The number of amides is 1. The Bertz CT molecular complexity index is 748. The van der Waals surface area contributed by atoms with Crippen LogP contribution in [0.3, 0.4) is 0 Å². The Balaban J connectivity index is 1.63. The molecule has 2 heterocycles. The predicted octanol–water partition coefficient (Wildman–Crippen LogP) is 1.27. The van der Waals surface area contributed by atoms with Gasteiger partial charge in [0.05, 0.1) is 43.0 Å². The molecule has 7 nitrogen and oxygen atoms in total. The quantitative estimate of drug-likeness (QED) is 0.657. The normalized spacial score (nSPS) is 15.6. The second-order valence-electron chi connectivity index (χ2n) is 6.01. The van der Waals surface area contributed by atoms with E-state index in [4.69, 9.17) is 4.74 Å². The maximum atomic E-state index is 12.0. The fourth-order valence-corrected chi connectivity index (χ4v) is 2.83. The molecular weight excluding hydrogens is 318 g/mol. The largest absolute Gasteiger partial charge is 0.379 e. The molecule has 132 valence electrons. The van der Waals surface area contributed by atoms with Gasteiger partial charge in [0.15, 0.2) is 0 Å². The van der Waals surface area contributed by atoms with Gasteiger partial charge in [-0.05, 0) is 26.0 Å². The number of para-hydroxylation sites is 1. The van der Waals surface area contributed by atoms with Gasteiger partial charge >= 0.3 is 0 Å². The van der Waals surface area contributed by atoms with Crippen LogP contribution in [0.2, 0.25) is 0 Å². The number of nitrogens with one attached hydrogen (secondary N) is 1. The first-order valence-electron chi connectivity index (χ1n) is 8.39. The van der Waals surface area contributed by atoms with Crippen LogP contribution in [0.15, 0.2) is 35.4 Å². The fraction of sp³-hybridized carbons (Fsp3) is 0.389. The van der Waals surface area contributed by atoms with E-state index in [2.05, 4.69) is 20.5 Å². The third-order valence-corrected chi connectivity index (χ3v) is 4.20. The standard InChI is InChI=1S/C18H23N5O2/c1-14-17(15(2)23(21-14)16-6-4-3-5-7-16)12-19-20-18(24)13-22-8-10-25-11-9-22/h3-7,12H,8-11,13H2,1-2H3,(H,20,24)/b19-12+. The lowest BCUT2D eigenvalue weighted by molar-refractivity contribution is -0.123. The number of aromatic nitrogens is 2. The monoisotopic (exact) mass is 341 g/mol. The van der Waals surface area contributed by atoms with Gasteiger partial charge in [-0.15, -0.1) is 0 Å². The summed E-state index contributed by atoms with van der Waals surface area (Å²) in [5.74, 6) is -0.121. The maximum Gasteiger partial charge on any atom is 0.254 e. The summed E-state index contributed by atoms with van der Waals surface area (Å²) in [5.41, 5.74) is 6.35. The van der Waals surface area contributed by atoms with Gasteiger partial charge in [-0.1, -0.05) is 18.2 Å². The highest BCUT2D eigenvalue weighted by molar-refractivity contribution is 5.85. The Labute approximate surface area is 147 Å². The van der Waals surface area contributed by atoms with E-state index in [0.717, 1.165) is 35.7 Å². The van der Waals surface area contributed by atoms with Gasteiger partial charge in [-0.25, -0.2) is 10.1 Å². The van der Waals surface area contributed by atoms with Gasteiger partial charge < -0.3 is 4.74 Å². The summed E-state index contributed by atoms with van der Waals surface area (Å²) >= 11 is 0. The molecule has 1 saturated heterocycles. The summed E-state index contributed by atoms with van der Waals surface area (Å²) in [5, 5.41) is 8.66. The first kappa shape index (κ1) is 17.3. The summed E-state index contributed by atoms with van der Waals surface area (Å²) < 4.78 is 7.15. The molecule has 1 aromatic carbocycles. The van der Waals surface area contributed by atoms with E-state index < -0.39 is 0 Å². The van der Waals surface area contributed by atoms with Crippen LogP contribution in [0, 0.1) is 13.8 Å². The smallest absolute Gasteiger partial charge is 0.254 e. The van der Waals surface area contributed by atoms with Crippen molar-refractivity contribution in [1.29, 1.82) is 0 Å². The maximum absolute atomic E-state index is 12.0. The van der Waals surface area contributed by atoms with Crippen LogP contribution in [-0.2, 0) is 9.53 Å². The van der Waals surface area contributed by atoms with Crippen molar-refractivity contribution in [2.75, 3.05) is 32.8 Å². The lowest BCUT2D eigenvalue weighted by atomic mass is 10.2.